The molecule has 1 unspecified atom stereocenters. The number of para-hydroxylation sites is 2. The van der Waals surface area contributed by atoms with Crippen molar-refractivity contribution < 1.29 is 4.79 Å². The van der Waals surface area contributed by atoms with E-state index in [1.54, 1.807) is 4.57 Å². The Labute approximate surface area is 266 Å². The fraction of sp³-hybridized carbons (Fsp3) is 0.308. The summed E-state index contributed by atoms with van der Waals surface area (Å²) in [6.45, 7) is 15.0. The number of hydrogen-bond donors (Lipinski definition) is 1. The van der Waals surface area contributed by atoms with Crippen LogP contribution in [0.1, 0.15) is 86.1 Å². The minimum Gasteiger partial charge on any atom is -0.314 e. The number of nitrogens with zero attached hydrogens (tertiary/aromatic N) is 3. The lowest BCUT2D eigenvalue weighted by Crippen LogP contribution is -2.41. The molecule has 5 aromatic rings. The first-order valence-electron chi connectivity index (χ1n) is 15.9. The predicted molar refractivity (Wildman–Crippen MR) is 186 cm³/mol. The van der Waals surface area contributed by atoms with E-state index in [-0.39, 0.29) is 23.4 Å². The number of carbonyl (C=O) groups is 1. The maximum atomic E-state index is 14.5. The fourth-order valence-corrected chi connectivity index (χ4v) is 6.00. The molecule has 5 rings (SSSR count). The third kappa shape index (κ3) is 6.70. The van der Waals surface area contributed by atoms with Gasteiger partial charge in [-0.3, -0.25) is 9.36 Å². The van der Waals surface area contributed by atoms with Crippen LogP contribution in [0.4, 0.5) is 10.5 Å². The molecule has 0 aliphatic carbocycles. The van der Waals surface area contributed by atoms with Crippen LogP contribution in [0.25, 0.3) is 16.6 Å². The second-order valence-electron chi connectivity index (χ2n) is 12.6. The Bertz CT molecular complexity index is 1850. The summed E-state index contributed by atoms with van der Waals surface area (Å²) >= 11 is 0. The Kier molecular flexibility index (Phi) is 9.52. The molecule has 0 fully saturated rings. The number of fused-ring (bicyclic) bond motifs is 1. The molecular formula is C39H44N4O2. The van der Waals surface area contributed by atoms with Crippen molar-refractivity contribution in [2.45, 2.75) is 72.8 Å². The molecule has 0 radical (unpaired) electrons. The van der Waals surface area contributed by atoms with E-state index in [1.807, 2.05) is 86.3 Å². The first-order chi connectivity index (χ1) is 21.6. The van der Waals surface area contributed by atoms with E-state index < -0.39 is 6.04 Å². The molecule has 0 spiro atoms. The van der Waals surface area contributed by atoms with Gasteiger partial charge in [0, 0.05) is 12.2 Å². The van der Waals surface area contributed by atoms with E-state index in [9.17, 15) is 9.59 Å². The monoisotopic (exact) mass is 600 g/mol. The van der Waals surface area contributed by atoms with Crippen molar-refractivity contribution in [2.24, 2.45) is 0 Å². The summed E-state index contributed by atoms with van der Waals surface area (Å²) in [4.78, 5) is 35.6. The first-order valence-corrected chi connectivity index (χ1v) is 15.9. The van der Waals surface area contributed by atoms with Crippen LogP contribution < -0.4 is 10.9 Å². The van der Waals surface area contributed by atoms with Gasteiger partial charge < -0.3 is 10.2 Å². The Hall–Kier alpha value is -4.71. The smallest absolute Gasteiger partial charge is 0.314 e. The minimum absolute atomic E-state index is 0.146. The van der Waals surface area contributed by atoms with Crippen LogP contribution in [-0.4, -0.2) is 27.0 Å². The van der Waals surface area contributed by atoms with Gasteiger partial charge in [0.2, 0.25) is 0 Å². The van der Waals surface area contributed by atoms with Crippen LogP contribution >= 0.6 is 0 Å². The lowest BCUT2D eigenvalue weighted by molar-refractivity contribution is 0.190. The summed E-state index contributed by atoms with van der Waals surface area (Å²) in [5, 5.41) is 3.88. The summed E-state index contributed by atoms with van der Waals surface area (Å²) in [5.41, 5.74) is 7.43. The Morgan fingerprint density at radius 1 is 0.822 bits per heavy atom. The molecule has 1 atom stereocenters. The highest BCUT2D eigenvalue weighted by atomic mass is 16.2. The number of rotatable bonds is 9. The lowest BCUT2D eigenvalue weighted by Gasteiger charge is -2.32. The van der Waals surface area contributed by atoms with Crippen molar-refractivity contribution >= 4 is 22.6 Å². The molecule has 232 valence electrons. The highest BCUT2D eigenvalue weighted by molar-refractivity contribution is 5.92. The van der Waals surface area contributed by atoms with Crippen molar-refractivity contribution in [1.29, 1.82) is 0 Å². The number of nitrogens with one attached hydrogen (secondary N) is 1. The summed E-state index contributed by atoms with van der Waals surface area (Å²) in [6, 6.07) is 29.2. The van der Waals surface area contributed by atoms with Crippen LogP contribution in [0.2, 0.25) is 0 Å². The van der Waals surface area contributed by atoms with Crippen LogP contribution in [0.15, 0.2) is 95.8 Å². The zero-order valence-corrected chi connectivity index (χ0v) is 27.5. The molecule has 1 N–H and O–H groups in total. The van der Waals surface area contributed by atoms with Crippen molar-refractivity contribution in [2.75, 3.05) is 11.9 Å². The first kappa shape index (κ1) is 31.7. The molecule has 2 amide bonds. The van der Waals surface area contributed by atoms with Gasteiger partial charge in [-0.25, -0.2) is 9.78 Å². The molecule has 1 heterocycles. The largest absolute Gasteiger partial charge is 0.322 e. The summed E-state index contributed by atoms with van der Waals surface area (Å²) in [5.74, 6) is 0.980. The van der Waals surface area contributed by atoms with Gasteiger partial charge in [-0.2, -0.15) is 0 Å². The SMILES string of the molecule is Cc1ccc(C)c(-n2c(C(C)N(CCc3ccccc3)C(=O)Nc3c(C(C)C)cccc3C(C)C)nc3ccccc3c2=O)c1. The van der Waals surface area contributed by atoms with E-state index in [2.05, 4.69) is 63.3 Å². The molecule has 0 saturated carbocycles. The number of benzene rings is 4. The lowest BCUT2D eigenvalue weighted by atomic mass is 9.92. The number of hydrogen-bond acceptors (Lipinski definition) is 3. The number of urea groups is 1. The van der Waals surface area contributed by atoms with Gasteiger partial charge in [-0.1, -0.05) is 100 Å². The van der Waals surface area contributed by atoms with Crippen LogP contribution in [0, 0.1) is 13.8 Å². The van der Waals surface area contributed by atoms with E-state index >= 15 is 0 Å². The average molecular weight is 601 g/mol. The summed E-state index contributed by atoms with van der Waals surface area (Å²) < 4.78 is 1.71. The molecular weight excluding hydrogens is 556 g/mol. The van der Waals surface area contributed by atoms with E-state index in [0.29, 0.717) is 29.7 Å². The van der Waals surface area contributed by atoms with Gasteiger partial charge in [-0.05, 0) is 85.0 Å². The minimum atomic E-state index is -0.528. The summed E-state index contributed by atoms with van der Waals surface area (Å²) in [7, 11) is 0. The van der Waals surface area contributed by atoms with Crippen molar-refractivity contribution in [1.82, 2.24) is 14.5 Å². The molecule has 0 aliphatic heterocycles. The second-order valence-corrected chi connectivity index (χ2v) is 12.6. The standard InChI is InChI=1S/C39H44N4O2/c1-25(2)31-17-13-18-32(26(3)4)36(31)41-39(45)42(23-22-30-14-9-8-10-15-30)29(7)37-40-34-19-12-11-16-33(34)38(44)43(37)35-24-27(5)20-21-28(35)6/h8-21,24-26,29H,22-23H2,1-7H3,(H,41,45). The maximum Gasteiger partial charge on any atom is 0.322 e. The molecule has 45 heavy (non-hydrogen) atoms. The van der Waals surface area contributed by atoms with Gasteiger partial charge in [0.05, 0.1) is 22.6 Å². The van der Waals surface area contributed by atoms with Crippen molar-refractivity contribution in [3.05, 3.63) is 135 Å². The third-order valence-electron chi connectivity index (χ3n) is 8.60. The van der Waals surface area contributed by atoms with E-state index in [4.69, 9.17) is 4.98 Å². The number of anilines is 1. The topological polar surface area (TPSA) is 67.2 Å². The number of aryl methyl sites for hydroxylation is 2. The van der Waals surface area contributed by atoms with Crippen molar-refractivity contribution in [3.8, 4) is 5.69 Å². The van der Waals surface area contributed by atoms with Crippen molar-refractivity contribution in [3.63, 3.8) is 0 Å². The maximum absolute atomic E-state index is 14.5. The zero-order chi connectivity index (χ0) is 32.2. The Morgan fingerprint density at radius 3 is 2.13 bits per heavy atom. The van der Waals surface area contributed by atoms with E-state index in [1.165, 1.54) is 0 Å². The average Bonchev–Trinajstić information content (AvgIpc) is 3.02. The Morgan fingerprint density at radius 2 is 1.47 bits per heavy atom. The van der Waals surface area contributed by atoms with Gasteiger partial charge in [0.1, 0.15) is 5.82 Å². The third-order valence-corrected chi connectivity index (χ3v) is 8.60. The van der Waals surface area contributed by atoms with Gasteiger partial charge in [-0.15, -0.1) is 0 Å². The molecule has 0 aliphatic rings. The molecule has 1 aromatic heterocycles. The number of amides is 2. The van der Waals surface area contributed by atoms with Crippen LogP contribution in [0.3, 0.4) is 0 Å². The molecule has 0 bridgehead atoms. The molecule has 6 nitrogen and oxygen atoms in total. The number of aromatic nitrogens is 2. The van der Waals surface area contributed by atoms with Crippen LogP contribution in [0.5, 0.6) is 0 Å². The number of carbonyl (C=O) groups excluding carboxylic acids is 1. The fourth-order valence-electron chi connectivity index (χ4n) is 6.00. The quantitative estimate of drug-likeness (QED) is 0.184. The Balaban J connectivity index is 1.67. The highest BCUT2D eigenvalue weighted by Gasteiger charge is 2.29. The van der Waals surface area contributed by atoms with Gasteiger partial charge in [0.15, 0.2) is 0 Å². The zero-order valence-electron chi connectivity index (χ0n) is 27.5. The molecule has 6 heteroatoms. The normalized spacial score (nSPS) is 12.1. The van der Waals surface area contributed by atoms with Crippen LogP contribution in [-0.2, 0) is 6.42 Å². The van der Waals surface area contributed by atoms with Gasteiger partial charge >= 0.3 is 6.03 Å². The van der Waals surface area contributed by atoms with E-state index in [0.717, 1.165) is 39.2 Å². The summed E-state index contributed by atoms with van der Waals surface area (Å²) in [6.07, 6.45) is 0.656. The van der Waals surface area contributed by atoms with Gasteiger partial charge in [0.25, 0.3) is 5.56 Å². The second kappa shape index (κ2) is 13.5. The highest BCUT2D eigenvalue weighted by Crippen LogP contribution is 2.33. The predicted octanol–water partition coefficient (Wildman–Crippen LogP) is 9.09. The molecule has 4 aromatic carbocycles. The molecule has 0 saturated heterocycles.